The highest BCUT2D eigenvalue weighted by Gasteiger charge is 2.48. The van der Waals surface area contributed by atoms with Gasteiger partial charge in [0.2, 0.25) is 0 Å². The second-order valence-corrected chi connectivity index (χ2v) is 18.9. The molecular weight excluding hydrogens is 930 g/mol. The van der Waals surface area contributed by atoms with Gasteiger partial charge in [0.15, 0.2) is 5.60 Å². The maximum Gasteiger partial charge on any atom is 0.341 e. The summed E-state index contributed by atoms with van der Waals surface area (Å²) in [5.74, 6) is 0.737. The summed E-state index contributed by atoms with van der Waals surface area (Å²) >= 11 is 27.9. The van der Waals surface area contributed by atoms with Gasteiger partial charge in [0.1, 0.15) is 24.7 Å². The van der Waals surface area contributed by atoms with Crippen LogP contribution in [-0.4, -0.2) is 32.1 Å². The lowest BCUT2D eigenvalue weighted by molar-refractivity contribution is 0.0300. The predicted octanol–water partition coefficient (Wildman–Crippen LogP) is 15.3. The van der Waals surface area contributed by atoms with E-state index >= 15 is 0 Å². The van der Waals surface area contributed by atoms with Gasteiger partial charge in [0.05, 0.1) is 25.7 Å². The summed E-state index contributed by atoms with van der Waals surface area (Å²) in [7, 11) is 0. The molecule has 0 radical (unpaired) electrons. The van der Waals surface area contributed by atoms with Gasteiger partial charge in [-0.3, -0.25) is 0 Å². The van der Waals surface area contributed by atoms with Crippen molar-refractivity contribution in [3.05, 3.63) is 234 Å². The van der Waals surface area contributed by atoms with E-state index in [9.17, 15) is 4.79 Å². The molecule has 0 atom stereocenters. The Hall–Kier alpha value is -6.15. The van der Waals surface area contributed by atoms with Crippen LogP contribution in [0.2, 0.25) is 20.1 Å². The Bertz CT molecular complexity index is 2800. The molecule has 6 nitrogen and oxygen atoms in total. The van der Waals surface area contributed by atoms with Crippen molar-refractivity contribution in [3.8, 4) is 11.5 Å². The minimum Gasteiger partial charge on any atom is -0.489 e. The SMILES string of the molecule is O=C1OC(C=C(c2ccc(OCc3ccccc3)cc2)c2ccc(N3CCCC3)cc2)(C=C(c2ccc(OCc3ccccc3)cc2)c2ccc(N3CCCC3)cc2)c2c(Cl)c(Cl)c(Cl)c(Cl)c21. The first-order chi connectivity index (χ1) is 33.2. The summed E-state index contributed by atoms with van der Waals surface area (Å²) in [4.78, 5) is 19.3. The molecule has 0 aliphatic carbocycles. The Morgan fingerprint density at radius 3 is 1.25 bits per heavy atom. The number of fused-ring (bicyclic) bond motifs is 1. The van der Waals surface area contributed by atoms with Crippen molar-refractivity contribution in [2.45, 2.75) is 44.5 Å². The van der Waals surface area contributed by atoms with Crippen LogP contribution in [0.3, 0.4) is 0 Å². The molecule has 0 unspecified atom stereocenters. The van der Waals surface area contributed by atoms with Gasteiger partial charge in [-0.1, -0.05) is 156 Å². The number of hydrogen-bond donors (Lipinski definition) is 0. The van der Waals surface area contributed by atoms with Crippen LogP contribution < -0.4 is 19.3 Å². The normalized spacial score (nSPS) is 17.1. The Morgan fingerprint density at radius 1 is 0.485 bits per heavy atom. The quantitative estimate of drug-likeness (QED) is 0.0615. The van der Waals surface area contributed by atoms with Crippen LogP contribution in [0.15, 0.2) is 170 Å². The average molecular weight is 979 g/mol. The average Bonchev–Trinajstić information content (AvgIpc) is 4.19. The number of rotatable bonds is 14. The standard InChI is InChI=1S/C58H48Cl4N2O4/c59-53-51-52(54(60)56(62)55(53)61)58(68-57(51)65,35-49(41-15-23-45(24-16-41)63-31-7-8-32-63)43-19-27-47(28-20-43)66-37-39-11-3-1-4-12-39)36-50(42-17-25-46(26-18-42)64-33-9-10-34-64)44-21-29-48(30-22-44)67-38-40-13-5-2-6-14-40/h1-6,11-30,35-36H,7-10,31-34,37-38H2. The number of ether oxygens (including phenoxy) is 3. The van der Waals surface area contributed by atoms with Crippen molar-refractivity contribution in [3.63, 3.8) is 0 Å². The van der Waals surface area contributed by atoms with Crippen molar-refractivity contribution in [2.75, 3.05) is 36.0 Å². The number of benzene rings is 7. The second-order valence-electron chi connectivity index (χ2n) is 17.4. The summed E-state index contributed by atoms with van der Waals surface area (Å²) < 4.78 is 19.2. The molecule has 342 valence electrons. The molecule has 10 heteroatoms. The minimum atomic E-state index is -1.67. The maximum atomic E-state index is 14.5. The van der Waals surface area contributed by atoms with Crippen LogP contribution in [-0.2, 0) is 23.6 Å². The van der Waals surface area contributed by atoms with Crippen molar-refractivity contribution in [1.29, 1.82) is 0 Å². The molecule has 7 aromatic carbocycles. The Kier molecular flexibility index (Phi) is 13.6. The number of anilines is 2. The van der Waals surface area contributed by atoms with Crippen LogP contribution in [0.5, 0.6) is 11.5 Å². The van der Waals surface area contributed by atoms with E-state index in [-0.39, 0.29) is 25.7 Å². The molecule has 7 aromatic rings. The zero-order valence-corrected chi connectivity index (χ0v) is 40.3. The van der Waals surface area contributed by atoms with Gasteiger partial charge in [-0.05, 0) is 131 Å². The summed E-state index contributed by atoms with van der Waals surface area (Å²) in [6.45, 7) is 4.89. The fourth-order valence-corrected chi connectivity index (χ4v) is 10.5. The molecule has 3 aliphatic heterocycles. The zero-order valence-electron chi connectivity index (χ0n) is 37.3. The molecule has 2 saturated heterocycles. The number of carbonyl (C=O) groups is 1. The van der Waals surface area contributed by atoms with Crippen LogP contribution in [0.4, 0.5) is 11.4 Å². The Morgan fingerprint density at radius 2 is 0.853 bits per heavy atom. The summed E-state index contributed by atoms with van der Waals surface area (Å²) in [5, 5.41) is 0.0358. The molecule has 0 saturated carbocycles. The highest BCUT2D eigenvalue weighted by molar-refractivity contribution is 6.53. The molecule has 0 amide bonds. The monoisotopic (exact) mass is 976 g/mol. The first-order valence-corrected chi connectivity index (χ1v) is 24.5. The summed E-state index contributed by atoms with van der Waals surface area (Å²) in [6, 6.07) is 53.1. The molecule has 0 bridgehead atoms. The highest BCUT2D eigenvalue weighted by atomic mass is 35.5. The topological polar surface area (TPSA) is 51.2 Å². The molecule has 68 heavy (non-hydrogen) atoms. The molecule has 0 spiro atoms. The van der Waals surface area contributed by atoms with Crippen molar-refractivity contribution in [1.82, 2.24) is 0 Å². The summed E-state index contributed by atoms with van der Waals surface area (Å²) in [6.07, 6.45) is 8.57. The maximum absolute atomic E-state index is 14.5. The van der Waals surface area contributed by atoms with Gasteiger partial charge >= 0.3 is 5.97 Å². The molecule has 0 aromatic heterocycles. The van der Waals surface area contributed by atoms with Crippen LogP contribution >= 0.6 is 46.4 Å². The smallest absolute Gasteiger partial charge is 0.341 e. The number of nitrogens with zero attached hydrogens (tertiary/aromatic N) is 2. The third-order valence-corrected chi connectivity index (χ3v) is 14.8. The fourth-order valence-electron chi connectivity index (χ4n) is 9.38. The van der Waals surface area contributed by atoms with Gasteiger partial charge in [-0.15, -0.1) is 0 Å². The van der Waals surface area contributed by atoms with Gasteiger partial charge in [-0.2, -0.15) is 0 Å². The van der Waals surface area contributed by atoms with Crippen LogP contribution in [0.1, 0.15) is 75.0 Å². The first kappa shape index (κ1) is 45.6. The molecule has 10 rings (SSSR count). The third-order valence-electron chi connectivity index (χ3n) is 13.0. The lowest BCUT2D eigenvalue weighted by Crippen LogP contribution is -2.23. The highest BCUT2D eigenvalue weighted by Crippen LogP contribution is 2.54. The van der Waals surface area contributed by atoms with E-state index < -0.39 is 11.6 Å². The summed E-state index contributed by atoms with van der Waals surface area (Å²) in [5.41, 5.74) is 8.14. The lowest BCUT2D eigenvalue weighted by atomic mass is 9.83. The van der Waals surface area contributed by atoms with Crippen molar-refractivity contribution < 1.29 is 19.0 Å². The predicted molar refractivity (Wildman–Crippen MR) is 278 cm³/mol. The zero-order chi connectivity index (χ0) is 46.6. The van der Waals surface area contributed by atoms with E-state index in [2.05, 4.69) is 58.3 Å². The fraction of sp³-hybridized carbons (Fsp3) is 0.190. The number of cyclic esters (lactones) is 1. The van der Waals surface area contributed by atoms with Gasteiger partial charge < -0.3 is 24.0 Å². The van der Waals surface area contributed by atoms with E-state index in [0.717, 1.165) is 108 Å². The number of esters is 1. The van der Waals surface area contributed by atoms with E-state index in [1.54, 1.807) is 0 Å². The number of hydrogen-bond acceptors (Lipinski definition) is 6. The molecule has 2 fully saturated rings. The first-order valence-electron chi connectivity index (χ1n) is 23.0. The Labute approximate surface area is 417 Å². The number of carbonyl (C=O) groups excluding carboxylic acids is 1. The second kappa shape index (κ2) is 20.2. The van der Waals surface area contributed by atoms with Crippen molar-refractivity contribution >= 4 is 74.9 Å². The minimum absolute atomic E-state index is 0.0226. The molecule has 3 aliphatic rings. The van der Waals surface area contributed by atoms with E-state index in [4.69, 9.17) is 60.6 Å². The van der Waals surface area contributed by atoms with Crippen molar-refractivity contribution in [2.24, 2.45) is 0 Å². The van der Waals surface area contributed by atoms with Gasteiger partial charge in [0.25, 0.3) is 0 Å². The third kappa shape index (κ3) is 9.61. The molecular formula is C58H48Cl4N2O4. The van der Waals surface area contributed by atoms with E-state index in [0.29, 0.717) is 30.3 Å². The largest absolute Gasteiger partial charge is 0.489 e. The number of halogens is 4. The Balaban J connectivity index is 1.16. The van der Waals surface area contributed by atoms with E-state index in [1.807, 2.05) is 121 Å². The van der Waals surface area contributed by atoms with Crippen LogP contribution in [0.25, 0.3) is 11.1 Å². The van der Waals surface area contributed by atoms with E-state index in [1.165, 1.54) is 0 Å². The van der Waals surface area contributed by atoms with Gasteiger partial charge in [-0.25, -0.2) is 4.79 Å². The van der Waals surface area contributed by atoms with Gasteiger partial charge in [0, 0.05) is 43.1 Å². The molecule has 0 N–H and O–H groups in total. The van der Waals surface area contributed by atoms with Crippen LogP contribution in [0, 0.1) is 0 Å². The molecule has 3 heterocycles. The lowest BCUT2D eigenvalue weighted by Gasteiger charge is -2.28.